The first-order valence-corrected chi connectivity index (χ1v) is 8.10. The van der Waals surface area contributed by atoms with Gasteiger partial charge in [0.15, 0.2) is 0 Å². The molecule has 2 rings (SSSR count). The Morgan fingerprint density at radius 1 is 1.00 bits per heavy atom. The summed E-state index contributed by atoms with van der Waals surface area (Å²) in [7, 11) is 3.10. The Bertz CT molecular complexity index is 712. The van der Waals surface area contributed by atoms with E-state index in [4.69, 9.17) is 14.2 Å². The molecule has 0 unspecified atom stereocenters. The van der Waals surface area contributed by atoms with Crippen LogP contribution in [0, 0.1) is 0 Å². The van der Waals surface area contributed by atoms with Crippen LogP contribution >= 0.6 is 0 Å². The number of nitrogens with one attached hydrogen (secondary N) is 1. The van der Waals surface area contributed by atoms with Crippen molar-refractivity contribution in [3.63, 3.8) is 0 Å². The summed E-state index contributed by atoms with van der Waals surface area (Å²) in [4.78, 5) is 12.5. The summed E-state index contributed by atoms with van der Waals surface area (Å²) in [6.07, 6.45) is 0. The van der Waals surface area contributed by atoms with Crippen LogP contribution in [0.1, 0.15) is 36.7 Å². The number of carbonyl (C=O) groups is 1. The van der Waals surface area contributed by atoms with E-state index in [1.165, 1.54) is 0 Å². The monoisotopic (exact) mass is 343 g/mol. The van der Waals surface area contributed by atoms with Crippen LogP contribution < -0.4 is 19.5 Å². The highest BCUT2D eigenvalue weighted by molar-refractivity contribution is 5.95. The first-order valence-electron chi connectivity index (χ1n) is 8.10. The Labute approximate surface area is 148 Å². The van der Waals surface area contributed by atoms with E-state index in [-0.39, 0.29) is 11.5 Å². The van der Waals surface area contributed by atoms with E-state index in [0.29, 0.717) is 23.6 Å². The quantitative estimate of drug-likeness (QED) is 0.866. The zero-order valence-electron chi connectivity index (χ0n) is 15.4. The molecule has 2 aromatic rings. The molecule has 0 bridgehead atoms. The highest BCUT2D eigenvalue weighted by atomic mass is 16.5. The second-order valence-corrected chi connectivity index (χ2v) is 6.61. The van der Waals surface area contributed by atoms with Gasteiger partial charge in [0.05, 0.1) is 14.2 Å². The number of carbonyl (C=O) groups excluding carboxylic acids is 1. The number of rotatable bonds is 6. The summed E-state index contributed by atoms with van der Waals surface area (Å²) in [6, 6.07) is 12.8. The van der Waals surface area contributed by atoms with Crippen molar-refractivity contribution in [2.45, 2.75) is 32.9 Å². The number of para-hydroxylation sites is 1. The van der Waals surface area contributed by atoms with Crippen molar-refractivity contribution in [3.05, 3.63) is 53.6 Å². The number of ether oxygens (including phenoxy) is 3. The second kappa shape index (κ2) is 7.92. The van der Waals surface area contributed by atoms with Crippen LogP contribution in [0.4, 0.5) is 0 Å². The van der Waals surface area contributed by atoms with Crippen LogP contribution in [-0.4, -0.2) is 25.7 Å². The topological polar surface area (TPSA) is 56.8 Å². The predicted octanol–water partition coefficient (Wildman–Crippen LogP) is 3.81. The first kappa shape index (κ1) is 18.6. The molecule has 0 aliphatic heterocycles. The van der Waals surface area contributed by atoms with Gasteiger partial charge in [-0.25, -0.2) is 0 Å². The number of methoxy groups -OCH3 is 2. The summed E-state index contributed by atoms with van der Waals surface area (Å²) in [6.45, 7) is 6.34. The minimum Gasteiger partial charge on any atom is -0.497 e. The molecule has 0 fully saturated rings. The Hall–Kier alpha value is -2.69. The minimum atomic E-state index is -0.305. The van der Waals surface area contributed by atoms with Gasteiger partial charge in [-0.2, -0.15) is 0 Å². The largest absolute Gasteiger partial charge is 0.497 e. The summed E-state index contributed by atoms with van der Waals surface area (Å²) >= 11 is 0. The molecule has 2 aromatic carbocycles. The number of hydrogen-bond donors (Lipinski definition) is 1. The smallest absolute Gasteiger partial charge is 0.251 e. The van der Waals surface area contributed by atoms with Crippen LogP contribution in [0.3, 0.4) is 0 Å². The maximum Gasteiger partial charge on any atom is 0.251 e. The molecule has 0 heterocycles. The molecule has 134 valence electrons. The van der Waals surface area contributed by atoms with Crippen molar-refractivity contribution in [3.8, 4) is 17.2 Å². The molecule has 5 heteroatoms. The molecule has 0 atom stereocenters. The van der Waals surface area contributed by atoms with Crippen molar-refractivity contribution in [1.29, 1.82) is 0 Å². The van der Waals surface area contributed by atoms with Gasteiger partial charge in [0, 0.05) is 23.7 Å². The maximum absolute atomic E-state index is 12.5. The lowest BCUT2D eigenvalue weighted by molar-refractivity contribution is 0.0948. The third kappa shape index (κ3) is 5.41. The fraction of sp³-hybridized carbons (Fsp3) is 0.350. The van der Waals surface area contributed by atoms with Crippen molar-refractivity contribution < 1.29 is 19.0 Å². The third-order valence-corrected chi connectivity index (χ3v) is 3.44. The first-order chi connectivity index (χ1) is 11.8. The van der Waals surface area contributed by atoms with Crippen molar-refractivity contribution in [2.75, 3.05) is 14.2 Å². The Balaban J connectivity index is 2.13. The van der Waals surface area contributed by atoms with Crippen LogP contribution in [0.5, 0.6) is 17.2 Å². The molecule has 25 heavy (non-hydrogen) atoms. The highest BCUT2D eigenvalue weighted by Gasteiger charge is 2.15. The molecule has 0 saturated carbocycles. The number of amides is 1. The van der Waals surface area contributed by atoms with E-state index < -0.39 is 0 Å². The summed E-state index contributed by atoms with van der Waals surface area (Å²) in [5, 5.41) is 2.91. The van der Waals surface area contributed by atoms with Gasteiger partial charge in [-0.1, -0.05) is 18.2 Å². The van der Waals surface area contributed by atoms with E-state index in [1.54, 1.807) is 32.4 Å². The van der Waals surface area contributed by atoms with Crippen molar-refractivity contribution >= 4 is 5.91 Å². The average Bonchev–Trinajstić information content (AvgIpc) is 2.58. The molecule has 0 spiro atoms. The molecule has 5 nitrogen and oxygen atoms in total. The molecule has 1 N–H and O–H groups in total. The molecule has 0 aliphatic carbocycles. The average molecular weight is 343 g/mol. The fourth-order valence-electron chi connectivity index (χ4n) is 2.30. The van der Waals surface area contributed by atoms with Crippen LogP contribution in [0.15, 0.2) is 42.5 Å². The van der Waals surface area contributed by atoms with Gasteiger partial charge < -0.3 is 19.5 Å². The number of hydrogen-bond acceptors (Lipinski definition) is 4. The molecular formula is C20H25NO4. The minimum absolute atomic E-state index is 0.206. The summed E-state index contributed by atoms with van der Waals surface area (Å²) < 4.78 is 16.4. The molecule has 0 aliphatic rings. The van der Waals surface area contributed by atoms with Crippen LogP contribution in [-0.2, 0) is 6.54 Å². The third-order valence-electron chi connectivity index (χ3n) is 3.44. The normalized spacial score (nSPS) is 10.9. The van der Waals surface area contributed by atoms with Gasteiger partial charge in [0.1, 0.15) is 22.8 Å². The summed E-state index contributed by atoms with van der Waals surface area (Å²) in [5.41, 5.74) is 1.09. The predicted molar refractivity (Wildman–Crippen MR) is 97.5 cm³/mol. The molecular weight excluding hydrogens is 318 g/mol. The lowest BCUT2D eigenvalue weighted by Crippen LogP contribution is -2.26. The van der Waals surface area contributed by atoms with E-state index in [9.17, 15) is 4.79 Å². The van der Waals surface area contributed by atoms with Crippen LogP contribution in [0.25, 0.3) is 0 Å². The van der Waals surface area contributed by atoms with Crippen molar-refractivity contribution in [1.82, 2.24) is 5.32 Å². The molecule has 1 amide bonds. The Kier molecular flexibility index (Phi) is 5.91. The van der Waals surface area contributed by atoms with E-state index >= 15 is 0 Å². The van der Waals surface area contributed by atoms with Gasteiger partial charge in [0.25, 0.3) is 5.91 Å². The van der Waals surface area contributed by atoms with E-state index in [2.05, 4.69) is 5.32 Å². The Morgan fingerprint density at radius 3 is 2.16 bits per heavy atom. The fourth-order valence-corrected chi connectivity index (χ4v) is 2.30. The number of benzene rings is 2. The van der Waals surface area contributed by atoms with E-state index in [1.807, 2.05) is 45.0 Å². The summed E-state index contributed by atoms with van der Waals surface area (Å²) in [5.74, 6) is 1.70. The van der Waals surface area contributed by atoms with Gasteiger partial charge >= 0.3 is 0 Å². The van der Waals surface area contributed by atoms with Gasteiger partial charge in [-0.15, -0.1) is 0 Å². The highest BCUT2D eigenvalue weighted by Crippen LogP contribution is 2.24. The zero-order chi connectivity index (χ0) is 18.4. The van der Waals surface area contributed by atoms with Gasteiger partial charge in [-0.3, -0.25) is 4.79 Å². The zero-order valence-corrected chi connectivity index (χ0v) is 15.4. The lowest BCUT2D eigenvalue weighted by Gasteiger charge is -2.23. The van der Waals surface area contributed by atoms with Crippen molar-refractivity contribution in [2.24, 2.45) is 0 Å². The van der Waals surface area contributed by atoms with Gasteiger partial charge in [0.2, 0.25) is 0 Å². The molecule has 0 radical (unpaired) electrons. The van der Waals surface area contributed by atoms with Gasteiger partial charge in [-0.05, 0) is 39.0 Å². The second-order valence-electron chi connectivity index (χ2n) is 6.61. The Morgan fingerprint density at radius 2 is 1.60 bits per heavy atom. The molecule has 0 saturated heterocycles. The maximum atomic E-state index is 12.5. The standard InChI is InChI=1S/C20H25NO4/c1-20(2,3)25-18-9-7-6-8-14(18)13-21-19(22)15-10-16(23-4)12-17(11-15)24-5/h6-12H,13H2,1-5H3,(H,21,22). The molecule has 0 aromatic heterocycles. The van der Waals surface area contributed by atoms with E-state index in [0.717, 1.165) is 11.3 Å². The van der Waals surface area contributed by atoms with Crippen LogP contribution in [0.2, 0.25) is 0 Å². The SMILES string of the molecule is COc1cc(OC)cc(C(=O)NCc2ccccc2OC(C)(C)C)c1. The lowest BCUT2D eigenvalue weighted by atomic mass is 10.1.